The molecule has 1 atom stereocenters. The lowest BCUT2D eigenvalue weighted by Gasteiger charge is -2.10. The highest BCUT2D eigenvalue weighted by atomic mass is 16.5. The molecule has 4 heteroatoms. The maximum atomic E-state index is 11.7. The van der Waals surface area contributed by atoms with E-state index in [0.717, 1.165) is 29.8 Å². The van der Waals surface area contributed by atoms with Crippen molar-refractivity contribution >= 4 is 11.6 Å². The van der Waals surface area contributed by atoms with E-state index in [9.17, 15) is 4.79 Å². The van der Waals surface area contributed by atoms with Crippen LogP contribution < -0.4 is 15.8 Å². The van der Waals surface area contributed by atoms with Gasteiger partial charge in [-0.15, -0.1) is 0 Å². The standard InChI is InChI=1S/C14H22N2O2/c1-10-9-12(18-3)7-8-13(10)16-14(17)6-4-5-11(2)15/h7-9,11H,4-6,15H2,1-3H3,(H,16,17). The number of hydrogen-bond donors (Lipinski definition) is 2. The van der Waals surface area contributed by atoms with Crippen LogP contribution in [0.2, 0.25) is 0 Å². The average molecular weight is 250 g/mol. The number of hydrogen-bond acceptors (Lipinski definition) is 3. The van der Waals surface area contributed by atoms with Crippen LogP contribution in [0.3, 0.4) is 0 Å². The topological polar surface area (TPSA) is 64.3 Å². The van der Waals surface area contributed by atoms with Gasteiger partial charge in [-0.2, -0.15) is 0 Å². The van der Waals surface area contributed by atoms with Gasteiger partial charge in [0.25, 0.3) is 0 Å². The third kappa shape index (κ3) is 4.75. The van der Waals surface area contributed by atoms with Crippen LogP contribution in [-0.2, 0) is 4.79 Å². The molecule has 1 unspecified atom stereocenters. The fourth-order valence-electron chi connectivity index (χ4n) is 1.70. The van der Waals surface area contributed by atoms with Gasteiger partial charge in [-0.1, -0.05) is 0 Å². The molecule has 0 heterocycles. The summed E-state index contributed by atoms with van der Waals surface area (Å²) in [6.45, 7) is 3.89. The number of ether oxygens (including phenoxy) is 1. The van der Waals surface area contributed by atoms with Crippen LogP contribution in [0, 0.1) is 6.92 Å². The minimum absolute atomic E-state index is 0.0314. The van der Waals surface area contributed by atoms with E-state index in [1.165, 1.54) is 0 Å². The molecule has 0 aliphatic rings. The fraction of sp³-hybridized carbons (Fsp3) is 0.500. The summed E-state index contributed by atoms with van der Waals surface area (Å²) in [5.74, 6) is 0.825. The number of methoxy groups -OCH3 is 1. The number of rotatable bonds is 6. The van der Waals surface area contributed by atoms with Gasteiger partial charge in [-0.25, -0.2) is 0 Å². The van der Waals surface area contributed by atoms with Crippen molar-refractivity contribution < 1.29 is 9.53 Å². The van der Waals surface area contributed by atoms with Crippen molar-refractivity contribution in [3.8, 4) is 5.75 Å². The molecule has 0 saturated heterocycles. The van der Waals surface area contributed by atoms with Crippen molar-refractivity contribution in [3.05, 3.63) is 23.8 Å². The highest BCUT2D eigenvalue weighted by Crippen LogP contribution is 2.21. The minimum Gasteiger partial charge on any atom is -0.497 e. The lowest BCUT2D eigenvalue weighted by Crippen LogP contribution is -2.17. The van der Waals surface area contributed by atoms with Crippen LogP contribution in [-0.4, -0.2) is 19.1 Å². The zero-order valence-electron chi connectivity index (χ0n) is 11.3. The van der Waals surface area contributed by atoms with Gasteiger partial charge in [0.15, 0.2) is 0 Å². The molecule has 4 nitrogen and oxygen atoms in total. The number of anilines is 1. The van der Waals surface area contributed by atoms with Crippen LogP contribution in [0.5, 0.6) is 5.75 Å². The molecule has 0 aliphatic heterocycles. The predicted octanol–water partition coefficient (Wildman–Crippen LogP) is 2.46. The summed E-state index contributed by atoms with van der Waals surface area (Å²) in [5.41, 5.74) is 7.47. The summed E-state index contributed by atoms with van der Waals surface area (Å²) >= 11 is 0. The number of aryl methyl sites for hydroxylation is 1. The number of nitrogens with one attached hydrogen (secondary N) is 1. The van der Waals surface area contributed by atoms with Gasteiger partial charge in [0.05, 0.1) is 7.11 Å². The Morgan fingerprint density at radius 1 is 1.50 bits per heavy atom. The van der Waals surface area contributed by atoms with Crippen molar-refractivity contribution in [3.63, 3.8) is 0 Å². The molecule has 1 aromatic carbocycles. The highest BCUT2D eigenvalue weighted by Gasteiger charge is 2.06. The SMILES string of the molecule is COc1ccc(NC(=O)CCCC(C)N)c(C)c1. The number of benzene rings is 1. The molecule has 3 N–H and O–H groups in total. The van der Waals surface area contributed by atoms with Gasteiger partial charge < -0.3 is 15.8 Å². The molecule has 0 radical (unpaired) electrons. The minimum atomic E-state index is 0.0314. The van der Waals surface area contributed by atoms with Gasteiger partial charge >= 0.3 is 0 Å². The largest absolute Gasteiger partial charge is 0.497 e. The molecule has 0 aromatic heterocycles. The fourth-order valence-corrected chi connectivity index (χ4v) is 1.70. The summed E-state index contributed by atoms with van der Waals surface area (Å²) in [6.07, 6.45) is 2.20. The van der Waals surface area contributed by atoms with E-state index < -0.39 is 0 Å². The second-order valence-electron chi connectivity index (χ2n) is 4.60. The van der Waals surface area contributed by atoms with E-state index in [2.05, 4.69) is 5.32 Å². The first kappa shape index (κ1) is 14.5. The van der Waals surface area contributed by atoms with Gasteiger partial charge in [0.2, 0.25) is 5.91 Å². The Labute approximate surface area is 109 Å². The lowest BCUT2D eigenvalue weighted by atomic mass is 10.1. The maximum absolute atomic E-state index is 11.7. The van der Waals surface area contributed by atoms with Gasteiger partial charge in [-0.05, 0) is 50.5 Å². The third-order valence-corrected chi connectivity index (χ3v) is 2.77. The number of carbonyl (C=O) groups is 1. The molecule has 0 saturated carbocycles. The normalized spacial score (nSPS) is 12.0. The first-order chi connectivity index (χ1) is 8.52. The zero-order chi connectivity index (χ0) is 13.5. The van der Waals surface area contributed by atoms with Crippen molar-refractivity contribution in [2.45, 2.75) is 39.2 Å². The Morgan fingerprint density at radius 3 is 2.78 bits per heavy atom. The second kappa shape index (κ2) is 7.01. The van der Waals surface area contributed by atoms with Gasteiger partial charge in [-0.3, -0.25) is 4.79 Å². The highest BCUT2D eigenvalue weighted by molar-refractivity contribution is 5.91. The van der Waals surface area contributed by atoms with Crippen LogP contribution in [0.1, 0.15) is 31.7 Å². The van der Waals surface area contributed by atoms with Crippen molar-refractivity contribution in [2.75, 3.05) is 12.4 Å². The van der Waals surface area contributed by atoms with E-state index in [4.69, 9.17) is 10.5 Å². The van der Waals surface area contributed by atoms with E-state index in [-0.39, 0.29) is 11.9 Å². The van der Waals surface area contributed by atoms with E-state index >= 15 is 0 Å². The summed E-state index contributed by atoms with van der Waals surface area (Å²) < 4.78 is 5.12. The van der Waals surface area contributed by atoms with Crippen LogP contribution in [0.25, 0.3) is 0 Å². The molecule has 0 aliphatic carbocycles. The molecule has 1 amide bonds. The zero-order valence-corrected chi connectivity index (χ0v) is 11.3. The molecular weight excluding hydrogens is 228 g/mol. The predicted molar refractivity (Wildman–Crippen MR) is 73.9 cm³/mol. The average Bonchev–Trinajstić information content (AvgIpc) is 2.31. The summed E-state index contributed by atoms with van der Waals surface area (Å²) in [7, 11) is 1.63. The van der Waals surface area contributed by atoms with E-state index in [1.54, 1.807) is 7.11 Å². The van der Waals surface area contributed by atoms with Crippen LogP contribution in [0.4, 0.5) is 5.69 Å². The lowest BCUT2D eigenvalue weighted by molar-refractivity contribution is -0.116. The monoisotopic (exact) mass is 250 g/mol. The Bertz CT molecular complexity index is 403. The van der Waals surface area contributed by atoms with Crippen LogP contribution >= 0.6 is 0 Å². The van der Waals surface area contributed by atoms with Crippen LogP contribution in [0.15, 0.2) is 18.2 Å². The summed E-state index contributed by atoms with van der Waals surface area (Å²) in [4.78, 5) is 11.7. The molecule has 18 heavy (non-hydrogen) atoms. The Hall–Kier alpha value is -1.55. The molecule has 0 fully saturated rings. The molecule has 1 rings (SSSR count). The number of carbonyl (C=O) groups excluding carboxylic acids is 1. The Morgan fingerprint density at radius 2 is 2.22 bits per heavy atom. The van der Waals surface area contributed by atoms with Gasteiger partial charge in [0.1, 0.15) is 5.75 Å². The van der Waals surface area contributed by atoms with Crippen molar-refractivity contribution in [1.82, 2.24) is 0 Å². The Balaban J connectivity index is 2.49. The number of amides is 1. The van der Waals surface area contributed by atoms with E-state index in [1.807, 2.05) is 32.0 Å². The van der Waals surface area contributed by atoms with Crippen molar-refractivity contribution in [1.29, 1.82) is 0 Å². The van der Waals surface area contributed by atoms with Crippen molar-refractivity contribution in [2.24, 2.45) is 5.73 Å². The molecule has 100 valence electrons. The van der Waals surface area contributed by atoms with Gasteiger partial charge in [0, 0.05) is 18.2 Å². The molecule has 0 spiro atoms. The summed E-state index contributed by atoms with van der Waals surface area (Å²) in [5, 5.41) is 2.90. The molecule has 0 bridgehead atoms. The first-order valence-electron chi connectivity index (χ1n) is 6.23. The maximum Gasteiger partial charge on any atom is 0.224 e. The summed E-state index contributed by atoms with van der Waals surface area (Å²) in [6, 6.07) is 5.75. The second-order valence-corrected chi connectivity index (χ2v) is 4.60. The quantitative estimate of drug-likeness (QED) is 0.815. The first-order valence-corrected chi connectivity index (χ1v) is 6.23. The van der Waals surface area contributed by atoms with E-state index in [0.29, 0.717) is 6.42 Å². The smallest absolute Gasteiger partial charge is 0.224 e. The Kier molecular flexibility index (Phi) is 5.65. The molecular formula is C14H22N2O2. The molecule has 1 aromatic rings. The number of nitrogens with two attached hydrogens (primary N) is 1. The third-order valence-electron chi connectivity index (χ3n) is 2.77.